The molecule has 0 bridgehead atoms. The number of aryl methyl sites for hydroxylation is 1. The van der Waals surface area contributed by atoms with Crippen LogP contribution in [0.4, 0.5) is 5.95 Å². The smallest absolute Gasteiger partial charge is 0.225 e. The van der Waals surface area contributed by atoms with Crippen LogP contribution in [0.25, 0.3) is 0 Å². The molecule has 5 nitrogen and oxygen atoms in total. The molecule has 2 aromatic rings. The zero-order valence-corrected chi connectivity index (χ0v) is 14.4. The fourth-order valence-corrected chi connectivity index (χ4v) is 4.48. The molecule has 4 heterocycles. The molecule has 2 fully saturated rings. The van der Waals surface area contributed by atoms with Crippen molar-refractivity contribution in [2.75, 3.05) is 31.1 Å². The summed E-state index contributed by atoms with van der Waals surface area (Å²) in [7, 11) is 0. The first-order valence-corrected chi connectivity index (χ1v) is 9.25. The predicted octanol–water partition coefficient (Wildman–Crippen LogP) is 2.73. The molecule has 1 spiro atoms. The van der Waals surface area contributed by atoms with E-state index in [9.17, 15) is 0 Å². The van der Waals surface area contributed by atoms with E-state index in [4.69, 9.17) is 0 Å². The highest BCUT2D eigenvalue weighted by atomic mass is 32.1. The van der Waals surface area contributed by atoms with Gasteiger partial charge in [-0.15, -0.1) is 11.3 Å². The van der Waals surface area contributed by atoms with Crippen LogP contribution < -0.4 is 4.90 Å². The van der Waals surface area contributed by atoms with E-state index in [1.165, 1.54) is 37.4 Å². The summed E-state index contributed by atoms with van der Waals surface area (Å²) in [6.45, 7) is 7.63. The number of likely N-dealkylation sites (tertiary alicyclic amines) is 1. The van der Waals surface area contributed by atoms with Gasteiger partial charge in [0.1, 0.15) is 5.01 Å². The first-order valence-electron chi connectivity index (χ1n) is 8.37. The van der Waals surface area contributed by atoms with Gasteiger partial charge in [0.15, 0.2) is 0 Å². The zero-order valence-electron chi connectivity index (χ0n) is 13.6. The lowest BCUT2D eigenvalue weighted by Gasteiger charge is -2.39. The first-order chi connectivity index (χ1) is 11.2. The minimum atomic E-state index is 0.498. The predicted molar refractivity (Wildman–Crippen MR) is 92.7 cm³/mol. The largest absolute Gasteiger partial charge is 0.341 e. The van der Waals surface area contributed by atoms with Crippen LogP contribution in [-0.4, -0.2) is 46.0 Å². The lowest BCUT2D eigenvalue weighted by Crippen LogP contribution is -2.42. The Balaban J connectivity index is 1.35. The van der Waals surface area contributed by atoms with Crippen molar-refractivity contribution in [2.45, 2.75) is 32.7 Å². The summed E-state index contributed by atoms with van der Waals surface area (Å²) in [6.07, 6.45) is 9.56. The van der Waals surface area contributed by atoms with Gasteiger partial charge in [-0.3, -0.25) is 4.90 Å². The molecule has 0 N–H and O–H groups in total. The van der Waals surface area contributed by atoms with Gasteiger partial charge in [0.25, 0.3) is 0 Å². The minimum absolute atomic E-state index is 0.498. The second-order valence-electron chi connectivity index (χ2n) is 6.93. The Morgan fingerprint density at radius 3 is 2.52 bits per heavy atom. The monoisotopic (exact) mass is 329 g/mol. The summed E-state index contributed by atoms with van der Waals surface area (Å²) in [4.78, 5) is 18.3. The fraction of sp³-hybridized carbons (Fsp3) is 0.588. The van der Waals surface area contributed by atoms with Crippen molar-refractivity contribution >= 4 is 17.3 Å². The molecule has 0 aromatic carbocycles. The molecule has 0 aliphatic carbocycles. The summed E-state index contributed by atoms with van der Waals surface area (Å²) in [6, 6.07) is 0. The molecule has 122 valence electrons. The van der Waals surface area contributed by atoms with Crippen LogP contribution in [-0.2, 0) is 6.54 Å². The van der Waals surface area contributed by atoms with E-state index in [-0.39, 0.29) is 0 Å². The van der Waals surface area contributed by atoms with Gasteiger partial charge in [-0.1, -0.05) is 0 Å². The Labute approximate surface area is 141 Å². The molecule has 2 aliphatic heterocycles. The van der Waals surface area contributed by atoms with Crippen molar-refractivity contribution in [3.05, 3.63) is 34.5 Å². The highest BCUT2D eigenvalue weighted by Crippen LogP contribution is 2.41. The summed E-state index contributed by atoms with van der Waals surface area (Å²) in [5, 5.41) is 3.31. The third kappa shape index (κ3) is 3.23. The van der Waals surface area contributed by atoms with E-state index < -0.39 is 0 Å². The van der Waals surface area contributed by atoms with Gasteiger partial charge in [-0.25, -0.2) is 15.0 Å². The maximum absolute atomic E-state index is 4.48. The van der Waals surface area contributed by atoms with Crippen LogP contribution in [0.1, 0.15) is 29.8 Å². The third-order valence-corrected chi connectivity index (χ3v) is 6.00. The zero-order chi connectivity index (χ0) is 15.7. The van der Waals surface area contributed by atoms with Crippen molar-refractivity contribution in [1.82, 2.24) is 19.9 Å². The van der Waals surface area contributed by atoms with Gasteiger partial charge in [-0.05, 0) is 43.7 Å². The first kappa shape index (κ1) is 15.0. The molecule has 0 amide bonds. The second kappa shape index (κ2) is 6.17. The Bertz CT molecular complexity index is 632. The lowest BCUT2D eigenvalue weighted by molar-refractivity contribution is 0.205. The lowest BCUT2D eigenvalue weighted by atomic mass is 9.78. The van der Waals surface area contributed by atoms with Gasteiger partial charge in [0.2, 0.25) is 5.95 Å². The van der Waals surface area contributed by atoms with Crippen molar-refractivity contribution in [2.24, 2.45) is 5.41 Å². The average molecular weight is 329 g/mol. The summed E-state index contributed by atoms with van der Waals surface area (Å²) in [5.41, 5.74) is 1.62. The standard InChI is InChI=1S/C17H23N5S/c1-14-10-19-16(20-11-14)22-7-3-17(4-8-22)2-6-21(13-17)12-15-18-5-9-23-15/h5,9-11H,2-4,6-8,12-13H2,1H3. The van der Waals surface area contributed by atoms with Crippen LogP contribution in [0.15, 0.2) is 24.0 Å². The van der Waals surface area contributed by atoms with E-state index >= 15 is 0 Å². The van der Waals surface area contributed by atoms with Crippen LogP contribution >= 0.6 is 11.3 Å². The number of hydrogen-bond donors (Lipinski definition) is 0. The maximum Gasteiger partial charge on any atom is 0.225 e. The molecule has 0 saturated carbocycles. The van der Waals surface area contributed by atoms with Crippen LogP contribution in [0.3, 0.4) is 0 Å². The summed E-state index contributed by atoms with van der Waals surface area (Å²) >= 11 is 1.77. The fourth-order valence-electron chi connectivity index (χ4n) is 3.82. The molecule has 23 heavy (non-hydrogen) atoms. The van der Waals surface area contributed by atoms with Crippen LogP contribution in [0, 0.1) is 12.3 Å². The highest BCUT2D eigenvalue weighted by Gasteiger charge is 2.40. The number of nitrogens with zero attached hydrogens (tertiary/aromatic N) is 5. The summed E-state index contributed by atoms with van der Waals surface area (Å²) in [5.74, 6) is 0.892. The Morgan fingerprint density at radius 1 is 1.09 bits per heavy atom. The van der Waals surface area contributed by atoms with Gasteiger partial charge < -0.3 is 4.90 Å². The average Bonchev–Trinajstić information content (AvgIpc) is 3.20. The second-order valence-corrected chi connectivity index (χ2v) is 7.91. The molecule has 2 aliphatic rings. The Morgan fingerprint density at radius 2 is 1.83 bits per heavy atom. The normalized spacial score (nSPS) is 21.2. The maximum atomic E-state index is 4.48. The minimum Gasteiger partial charge on any atom is -0.341 e. The van der Waals surface area contributed by atoms with Crippen LogP contribution in [0.5, 0.6) is 0 Å². The molecule has 6 heteroatoms. The van der Waals surface area contributed by atoms with Gasteiger partial charge >= 0.3 is 0 Å². The van der Waals surface area contributed by atoms with E-state index in [0.29, 0.717) is 5.41 Å². The number of hydrogen-bond acceptors (Lipinski definition) is 6. The number of aromatic nitrogens is 3. The molecule has 0 atom stereocenters. The number of anilines is 1. The molecule has 4 rings (SSSR count). The van der Waals surface area contributed by atoms with Crippen molar-refractivity contribution < 1.29 is 0 Å². The van der Waals surface area contributed by atoms with Crippen molar-refractivity contribution in [3.63, 3.8) is 0 Å². The number of thiazole rings is 1. The molecular weight excluding hydrogens is 306 g/mol. The quantitative estimate of drug-likeness (QED) is 0.866. The molecule has 2 aromatic heterocycles. The Hall–Kier alpha value is -1.53. The number of piperidine rings is 1. The molecular formula is C17H23N5S. The SMILES string of the molecule is Cc1cnc(N2CCC3(CCN(Cc4nccs4)C3)CC2)nc1. The molecule has 0 unspecified atom stereocenters. The third-order valence-electron chi connectivity index (χ3n) is 5.23. The van der Waals surface area contributed by atoms with Crippen LogP contribution in [0.2, 0.25) is 0 Å². The highest BCUT2D eigenvalue weighted by molar-refractivity contribution is 7.09. The van der Waals surface area contributed by atoms with E-state index in [1.807, 2.05) is 25.5 Å². The van der Waals surface area contributed by atoms with E-state index in [0.717, 1.165) is 31.1 Å². The number of rotatable bonds is 3. The molecule has 2 saturated heterocycles. The summed E-state index contributed by atoms with van der Waals surface area (Å²) < 4.78 is 0. The van der Waals surface area contributed by atoms with E-state index in [1.54, 1.807) is 11.3 Å². The van der Waals surface area contributed by atoms with E-state index in [2.05, 4.69) is 30.1 Å². The topological polar surface area (TPSA) is 45.2 Å². The Kier molecular flexibility index (Phi) is 4.03. The van der Waals surface area contributed by atoms with Gasteiger partial charge in [0, 0.05) is 43.6 Å². The van der Waals surface area contributed by atoms with Crippen molar-refractivity contribution in [3.8, 4) is 0 Å². The van der Waals surface area contributed by atoms with Gasteiger partial charge in [-0.2, -0.15) is 0 Å². The van der Waals surface area contributed by atoms with Crippen molar-refractivity contribution in [1.29, 1.82) is 0 Å². The van der Waals surface area contributed by atoms with Gasteiger partial charge in [0.05, 0.1) is 6.54 Å². The molecule has 0 radical (unpaired) electrons.